The molecule has 2 rings (SSSR count). The average Bonchev–Trinajstić information content (AvgIpc) is 2.81. The van der Waals surface area contributed by atoms with Gasteiger partial charge in [-0.2, -0.15) is 0 Å². The van der Waals surface area contributed by atoms with Crippen LogP contribution in [0.1, 0.15) is 17.9 Å². The number of nitrogens with zero attached hydrogens (tertiary/aromatic N) is 1. The molecule has 1 heterocycles. The molecule has 68 valence electrons. The van der Waals surface area contributed by atoms with Crippen molar-refractivity contribution in [3.05, 3.63) is 30.1 Å². The molecule has 0 aromatic carbocycles. The van der Waals surface area contributed by atoms with Gasteiger partial charge in [-0.05, 0) is 18.1 Å². The topological polar surface area (TPSA) is 76.2 Å². The Morgan fingerprint density at radius 1 is 1.77 bits per heavy atom. The molecule has 1 fully saturated rings. The second-order valence-electron chi connectivity index (χ2n) is 3.39. The molecule has 1 aliphatic carbocycles. The zero-order valence-corrected chi connectivity index (χ0v) is 6.97. The lowest BCUT2D eigenvalue weighted by Crippen LogP contribution is -2.34. The van der Waals surface area contributed by atoms with Crippen molar-refractivity contribution in [1.82, 2.24) is 4.98 Å². The maximum absolute atomic E-state index is 10.7. The van der Waals surface area contributed by atoms with Crippen LogP contribution in [0.4, 0.5) is 0 Å². The first kappa shape index (κ1) is 8.19. The number of pyridine rings is 1. The Balaban J connectivity index is 2.21. The molecule has 1 saturated carbocycles. The molecule has 4 heteroatoms. The second-order valence-corrected chi connectivity index (χ2v) is 3.39. The first-order valence-corrected chi connectivity index (χ1v) is 4.07. The van der Waals surface area contributed by atoms with Gasteiger partial charge in [0.2, 0.25) is 0 Å². The van der Waals surface area contributed by atoms with E-state index in [2.05, 4.69) is 4.98 Å². The van der Waals surface area contributed by atoms with E-state index in [4.69, 9.17) is 10.8 Å². The fourth-order valence-corrected chi connectivity index (χ4v) is 1.51. The van der Waals surface area contributed by atoms with Gasteiger partial charge in [0.1, 0.15) is 5.54 Å². The molecule has 0 bridgehead atoms. The number of carboxylic acid groups (broad SMARTS) is 1. The van der Waals surface area contributed by atoms with E-state index in [1.54, 1.807) is 18.5 Å². The van der Waals surface area contributed by atoms with Gasteiger partial charge < -0.3 is 10.8 Å². The summed E-state index contributed by atoms with van der Waals surface area (Å²) >= 11 is 0. The summed E-state index contributed by atoms with van der Waals surface area (Å²) in [6, 6.07) is 3.64. The maximum atomic E-state index is 10.7. The van der Waals surface area contributed by atoms with E-state index in [9.17, 15) is 4.79 Å². The molecule has 3 N–H and O–H groups in total. The largest absolute Gasteiger partial charge is 0.480 e. The molecular formula is C9H10N2O2. The maximum Gasteiger partial charge on any atom is 0.324 e. The zero-order valence-electron chi connectivity index (χ0n) is 6.97. The SMILES string of the molecule is NC1(C(=O)O)C[C@@H]1c1cccnc1. The zero-order chi connectivity index (χ0) is 9.47. The lowest BCUT2D eigenvalue weighted by molar-refractivity contribution is -0.139. The molecule has 1 unspecified atom stereocenters. The summed E-state index contributed by atoms with van der Waals surface area (Å²) in [5.41, 5.74) is 5.50. The molecule has 1 aromatic rings. The van der Waals surface area contributed by atoms with Gasteiger partial charge in [0, 0.05) is 18.3 Å². The number of nitrogens with two attached hydrogens (primary N) is 1. The minimum Gasteiger partial charge on any atom is -0.480 e. The molecule has 0 aliphatic heterocycles. The van der Waals surface area contributed by atoms with E-state index in [1.165, 1.54) is 0 Å². The van der Waals surface area contributed by atoms with Crippen LogP contribution in [0.5, 0.6) is 0 Å². The smallest absolute Gasteiger partial charge is 0.324 e. The van der Waals surface area contributed by atoms with Crippen molar-refractivity contribution in [2.75, 3.05) is 0 Å². The highest BCUT2D eigenvalue weighted by molar-refractivity contribution is 5.84. The third-order valence-corrected chi connectivity index (χ3v) is 2.49. The number of aliphatic carboxylic acids is 1. The molecule has 4 nitrogen and oxygen atoms in total. The van der Waals surface area contributed by atoms with E-state index in [0.29, 0.717) is 6.42 Å². The minimum atomic E-state index is -1.05. The Bertz CT molecular complexity index is 339. The van der Waals surface area contributed by atoms with Gasteiger partial charge in [-0.15, -0.1) is 0 Å². The van der Waals surface area contributed by atoms with E-state index < -0.39 is 11.5 Å². The van der Waals surface area contributed by atoms with E-state index >= 15 is 0 Å². The van der Waals surface area contributed by atoms with Crippen LogP contribution in [0.25, 0.3) is 0 Å². The third-order valence-electron chi connectivity index (χ3n) is 2.49. The summed E-state index contributed by atoms with van der Waals surface area (Å²) in [7, 11) is 0. The Labute approximate surface area is 75.4 Å². The fourth-order valence-electron chi connectivity index (χ4n) is 1.51. The predicted octanol–water partition coefficient (Wildman–Crippen LogP) is 0.351. The number of rotatable bonds is 2. The first-order valence-electron chi connectivity index (χ1n) is 4.07. The molecule has 0 amide bonds. The van der Waals surface area contributed by atoms with Gasteiger partial charge in [-0.3, -0.25) is 9.78 Å². The van der Waals surface area contributed by atoms with Crippen LogP contribution in [0, 0.1) is 0 Å². The molecule has 1 aromatic heterocycles. The number of aromatic nitrogens is 1. The Morgan fingerprint density at radius 2 is 2.54 bits per heavy atom. The molecule has 1 aliphatic rings. The highest BCUT2D eigenvalue weighted by Crippen LogP contribution is 2.49. The van der Waals surface area contributed by atoms with Gasteiger partial charge in [0.25, 0.3) is 0 Å². The molecule has 0 spiro atoms. The lowest BCUT2D eigenvalue weighted by atomic mass is 10.1. The van der Waals surface area contributed by atoms with Gasteiger partial charge in [0.15, 0.2) is 0 Å². The molecule has 13 heavy (non-hydrogen) atoms. The third kappa shape index (κ3) is 1.19. The van der Waals surface area contributed by atoms with Crippen LogP contribution in [-0.4, -0.2) is 21.6 Å². The summed E-state index contributed by atoms with van der Waals surface area (Å²) in [5, 5.41) is 8.80. The van der Waals surface area contributed by atoms with Gasteiger partial charge >= 0.3 is 5.97 Å². The van der Waals surface area contributed by atoms with Crippen LogP contribution in [0.2, 0.25) is 0 Å². The molecule has 0 radical (unpaired) electrons. The van der Waals surface area contributed by atoms with Crippen molar-refractivity contribution in [1.29, 1.82) is 0 Å². The van der Waals surface area contributed by atoms with Crippen LogP contribution < -0.4 is 5.73 Å². The quantitative estimate of drug-likeness (QED) is 0.685. The summed E-state index contributed by atoms with van der Waals surface area (Å²) in [6.45, 7) is 0. The van der Waals surface area contributed by atoms with E-state index in [1.807, 2.05) is 6.07 Å². The standard InChI is InChI=1S/C9H10N2O2/c10-9(8(12)13)4-7(9)6-2-1-3-11-5-6/h1-3,5,7H,4,10H2,(H,12,13)/t7-,9?/m1/s1. The fraction of sp³-hybridized carbons (Fsp3) is 0.333. The highest BCUT2D eigenvalue weighted by atomic mass is 16.4. The van der Waals surface area contributed by atoms with Gasteiger partial charge in [-0.25, -0.2) is 0 Å². The predicted molar refractivity (Wildman–Crippen MR) is 46.1 cm³/mol. The van der Waals surface area contributed by atoms with Gasteiger partial charge in [0.05, 0.1) is 0 Å². The summed E-state index contributed by atoms with van der Waals surface area (Å²) < 4.78 is 0. The Morgan fingerprint density at radius 3 is 3.00 bits per heavy atom. The van der Waals surface area contributed by atoms with Crippen LogP contribution in [-0.2, 0) is 4.79 Å². The number of carbonyl (C=O) groups is 1. The average molecular weight is 178 g/mol. The van der Waals surface area contributed by atoms with E-state index in [-0.39, 0.29) is 5.92 Å². The molecular weight excluding hydrogens is 168 g/mol. The molecule has 0 saturated heterocycles. The number of hydrogen-bond acceptors (Lipinski definition) is 3. The van der Waals surface area contributed by atoms with Crippen LogP contribution in [0.15, 0.2) is 24.5 Å². The van der Waals surface area contributed by atoms with Crippen LogP contribution >= 0.6 is 0 Å². The highest BCUT2D eigenvalue weighted by Gasteiger charge is 2.58. The lowest BCUT2D eigenvalue weighted by Gasteiger charge is -2.04. The summed E-state index contributed by atoms with van der Waals surface area (Å²) in [5.74, 6) is -1.000. The van der Waals surface area contributed by atoms with Crippen molar-refractivity contribution in [3.8, 4) is 0 Å². The first-order chi connectivity index (χ1) is 6.14. The van der Waals surface area contributed by atoms with Crippen molar-refractivity contribution in [2.45, 2.75) is 17.9 Å². The second kappa shape index (κ2) is 2.53. The van der Waals surface area contributed by atoms with Gasteiger partial charge in [-0.1, -0.05) is 6.07 Å². The van der Waals surface area contributed by atoms with Crippen molar-refractivity contribution in [3.63, 3.8) is 0 Å². The number of hydrogen-bond donors (Lipinski definition) is 2. The van der Waals surface area contributed by atoms with E-state index in [0.717, 1.165) is 5.56 Å². The van der Waals surface area contributed by atoms with Crippen molar-refractivity contribution >= 4 is 5.97 Å². The molecule has 2 atom stereocenters. The van der Waals surface area contributed by atoms with Crippen LogP contribution in [0.3, 0.4) is 0 Å². The normalized spacial score (nSPS) is 31.3. The van der Waals surface area contributed by atoms with Crippen molar-refractivity contribution < 1.29 is 9.90 Å². The summed E-state index contributed by atoms with van der Waals surface area (Å²) in [6.07, 6.45) is 3.83. The Kier molecular flexibility index (Phi) is 1.60. The minimum absolute atomic E-state index is 0.0706. The summed E-state index contributed by atoms with van der Waals surface area (Å²) in [4.78, 5) is 14.6. The number of carboxylic acids is 1. The monoisotopic (exact) mass is 178 g/mol. The van der Waals surface area contributed by atoms with Crippen molar-refractivity contribution in [2.24, 2.45) is 5.73 Å². The Hall–Kier alpha value is -1.42.